The van der Waals surface area contributed by atoms with E-state index in [-0.39, 0.29) is 11.8 Å². The molecule has 0 bridgehead atoms. The molecule has 0 aliphatic carbocycles. The molecule has 1 aromatic heterocycles. The van der Waals surface area contributed by atoms with Gasteiger partial charge in [0, 0.05) is 25.8 Å². The predicted molar refractivity (Wildman–Crippen MR) is 85.5 cm³/mol. The van der Waals surface area contributed by atoms with E-state index < -0.39 is 0 Å². The minimum Gasteiger partial charge on any atom is -0.472 e. The molecule has 1 atom stereocenters. The van der Waals surface area contributed by atoms with E-state index in [4.69, 9.17) is 9.15 Å². The van der Waals surface area contributed by atoms with Gasteiger partial charge in [0.1, 0.15) is 0 Å². The summed E-state index contributed by atoms with van der Waals surface area (Å²) in [6.45, 7) is 3.68. The number of benzene rings is 1. The molecule has 0 fully saturated rings. The highest BCUT2D eigenvalue weighted by atomic mass is 16.5. The van der Waals surface area contributed by atoms with Gasteiger partial charge in [0.25, 0.3) is 0 Å². The van der Waals surface area contributed by atoms with E-state index >= 15 is 0 Å². The van der Waals surface area contributed by atoms with Crippen molar-refractivity contribution in [3.05, 3.63) is 60.1 Å². The summed E-state index contributed by atoms with van der Waals surface area (Å²) in [6.07, 6.45) is 4.08. The minimum atomic E-state index is -0.120. The maximum Gasteiger partial charge on any atom is 0.230 e. The maximum atomic E-state index is 12.9. The van der Waals surface area contributed by atoms with Gasteiger partial charge in [0.05, 0.1) is 25.1 Å². The maximum absolute atomic E-state index is 12.9. The van der Waals surface area contributed by atoms with Crippen LogP contribution in [0.5, 0.6) is 0 Å². The molecule has 4 nitrogen and oxygen atoms in total. The van der Waals surface area contributed by atoms with Crippen molar-refractivity contribution < 1.29 is 13.9 Å². The number of methoxy groups -OCH3 is 1. The number of carbonyl (C=O) groups excluding carboxylic acids is 1. The van der Waals surface area contributed by atoms with Crippen LogP contribution in [0.15, 0.2) is 53.3 Å². The molecule has 4 heteroatoms. The van der Waals surface area contributed by atoms with Gasteiger partial charge >= 0.3 is 0 Å². The van der Waals surface area contributed by atoms with Gasteiger partial charge in [0.15, 0.2) is 0 Å². The summed E-state index contributed by atoms with van der Waals surface area (Å²) in [5, 5.41) is 0. The number of nitrogens with zero attached hydrogens (tertiary/aromatic N) is 1. The molecule has 1 heterocycles. The van der Waals surface area contributed by atoms with Gasteiger partial charge in [-0.05, 0) is 18.1 Å². The number of amides is 1. The first-order valence-electron chi connectivity index (χ1n) is 7.60. The van der Waals surface area contributed by atoms with Gasteiger partial charge in [-0.1, -0.05) is 37.3 Å². The summed E-state index contributed by atoms with van der Waals surface area (Å²) < 4.78 is 10.2. The molecular formula is C18H23NO3. The van der Waals surface area contributed by atoms with Crippen molar-refractivity contribution in [2.24, 2.45) is 0 Å². The quantitative estimate of drug-likeness (QED) is 0.750. The summed E-state index contributed by atoms with van der Waals surface area (Å²) in [6, 6.07) is 11.8. The average Bonchev–Trinajstić information content (AvgIpc) is 3.06. The SMILES string of the molecule is CC[C@H](C(=O)N(CCOC)Cc1ccoc1)c1ccccc1. The topological polar surface area (TPSA) is 42.7 Å². The summed E-state index contributed by atoms with van der Waals surface area (Å²) in [5.74, 6) is 0.0110. The standard InChI is InChI=1S/C18H23NO3/c1-3-17(16-7-5-4-6-8-16)18(20)19(10-12-21-2)13-15-9-11-22-14-15/h4-9,11,14,17H,3,10,12-13H2,1-2H3/t17-/m0/s1. The van der Waals surface area contributed by atoms with E-state index in [1.54, 1.807) is 19.6 Å². The third kappa shape index (κ3) is 4.21. The molecule has 1 amide bonds. The van der Waals surface area contributed by atoms with Crippen LogP contribution < -0.4 is 0 Å². The minimum absolute atomic E-state index is 0.120. The van der Waals surface area contributed by atoms with Gasteiger partial charge < -0.3 is 14.1 Å². The summed E-state index contributed by atoms with van der Waals surface area (Å²) in [7, 11) is 1.65. The van der Waals surface area contributed by atoms with Crippen LogP contribution in [0.3, 0.4) is 0 Å². The van der Waals surface area contributed by atoms with Gasteiger partial charge in [-0.25, -0.2) is 0 Å². The fourth-order valence-electron chi connectivity index (χ4n) is 2.53. The Balaban J connectivity index is 2.15. The molecule has 0 aliphatic rings. The second-order valence-electron chi connectivity index (χ2n) is 5.26. The van der Waals surface area contributed by atoms with Gasteiger partial charge in [-0.15, -0.1) is 0 Å². The third-order valence-corrected chi connectivity index (χ3v) is 3.74. The Morgan fingerprint density at radius 3 is 2.64 bits per heavy atom. The Morgan fingerprint density at radius 2 is 2.05 bits per heavy atom. The van der Waals surface area contributed by atoms with Gasteiger partial charge in [-0.3, -0.25) is 4.79 Å². The highest BCUT2D eigenvalue weighted by Gasteiger charge is 2.24. The molecule has 0 saturated carbocycles. The lowest BCUT2D eigenvalue weighted by molar-refractivity contribution is -0.134. The van der Waals surface area contributed by atoms with E-state index in [9.17, 15) is 4.79 Å². The predicted octanol–water partition coefficient (Wildman–Crippen LogP) is 3.45. The Kier molecular flexibility index (Phi) is 6.22. The zero-order chi connectivity index (χ0) is 15.8. The number of hydrogen-bond acceptors (Lipinski definition) is 3. The van der Waals surface area contributed by atoms with Crippen molar-refractivity contribution in [2.75, 3.05) is 20.3 Å². The van der Waals surface area contributed by atoms with Crippen molar-refractivity contribution in [1.29, 1.82) is 0 Å². The first kappa shape index (κ1) is 16.3. The first-order chi connectivity index (χ1) is 10.8. The van der Waals surface area contributed by atoms with E-state index in [2.05, 4.69) is 0 Å². The van der Waals surface area contributed by atoms with Crippen molar-refractivity contribution >= 4 is 5.91 Å². The molecule has 0 radical (unpaired) electrons. The fraction of sp³-hybridized carbons (Fsp3) is 0.389. The number of carbonyl (C=O) groups is 1. The smallest absolute Gasteiger partial charge is 0.230 e. The Bertz CT molecular complexity index is 551. The van der Waals surface area contributed by atoms with Gasteiger partial charge in [-0.2, -0.15) is 0 Å². The number of hydrogen-bond donors (Lipinski definition) is 0. The lowest BCUT2D eigenvalue weighted by Gasteiger charge is -2.26. The van der Waals surface area contributed by atoms with Crippen LogP contribution in [-0.4, -0.2) is 31.1 Å². The largest absolute Gasteiger partial charge is 0.472 e. The van der Waals surface area contributed by atoms with E-state index in [0.717, 1.165) is 17.5 Å². The molecule has 22 heavy (non-hydrogen) atoms. The molecule has 0 saturated heterocycles. The zero-order valence-corrected chi connectivity index (χ0v) is 13.2. The van der Waals surface area contributed by atoms with Crippen LogP contribution in [0.1, 0.15) is 30.4 Å². The fourth-order valence-corrected chi connectivity index (χ4v) is 2.53. The highest BCUT2D eigenvalue weighted by Crippen LogP contribution is 2.23. The summed E-state index contributed by atoms with van der Waals surface area (Å²) in [5.41, 5.74) is 2.05. The molecule has 0 unspecified atom stereocenters. The number of ether oxygens (including phenoxy) is 1. The first-order valence-corrected chi connectivity index (χ1v) is 7.60. The van der Waals surface area contributed by atoms with E-state index in [1.807, 2.05) is 48.2 Å². The Labute approximate surface area is 131 Å². The number of furan rings is 1. The third-order valence-electron chi connectivity index (χ3n) is 3.74. The van der Waals surface area contributed by atoms with Crippen molar-refractivity contribution in [1.82, 2.24) is 4.90 Å². The monoisotopic (exact) mass is 301 g/mol. The molecule has 118 valence electrons. The summed E-state index contributed by atoms with van der Waals surface area (Å²) >= 11 is 0. The van der Waals surface area contributed by atoms with Crippen LogP contribution in [-0.2, 0) is 16.1 Å². The molecule has 2 rings (SSSR count). The highest BCUT2D eigenvalue weighted by molar-refractivity contribution is 5.83. The van der Waals surface area contributed by atoms with E-state index in [0.29, 0.717) is 19.7 Å². The molecular weight excluding hydrogens is 278 g/mol. The van der Waals surface area contributed by atoms with Crippen LogP contribution in [0, 0.1) is 0 Å². The van der Waals surface area contributed by atoms with Gasteiger partial charge in [0.2, 0.25) is 5.91 Å². The summed E-state index contributed by atoms with van der Waals surface area (Å²) in [4.78, 5) is 14.8. The molecule has 0 spiro atoms. The Morgan fingerprint density at radius 1 is 1.27 bits per heavy atom. The van der Waals surface area contributed by atoms with Crippen molar-refractivity contribution in [3.63, 3.8) is 0 Å². The second kappa shape index (κ2) is 8.39. The van der Waals surface area contributed by atoms with Crippen LogP contribution in [0.2, 0.25) is 0 Å². The van der Waals surface area contributed by atoms with Crippen molar-refractivity contribution in [2.45, 2.75) is 25.8 Å². The van der Waals surface area contributed by atoms with Crippen LogP contribution in [0.4, 0.5) is 0 Å². The zero-order valence-electron chi connectivity index (χ0n) is 13.2. The van der Waals surface area contributed by atoms with Crippen LogP contribution >= 0.6 is 0 Å². The molecule has 1 aromatic carbocycles. The normalized spacial score (nSPS) is 12.1. The lowest BCUT2D eigenvalue weighted by atomic mass is 9.95. The molecule has 2 aromatic rings. The molecule has 0 N–H and O–H groups in total. The van der Waals surface area contributed by atoms with E-state index in [1.165, 1.54) is 0 Å². The van der Waals surface area contributed by atoms with Crippen LogP contribution in [0.25, 0.3) is 0 Å². The average molecular weight is 301 g/mol. The Hall–Kier alpha value is -2.07. The lowest BCUT2D eigenvalue weighted by Crippen LogP contribution is -2.36. The number of rotatable bonds is 8. The molecule has 0 aliphatic heterocycles. The second-order valence-corrected chi connectivity index (χ2v) is 5.26. The van der Waals surface area contributed by atoms with Crippen molar-refractivity contribution in [3.8, 4) is 0 Å².